The van der Waals surface area contributed by atoms with Gasteiger partial charge in [0.2, 0.25) is 0 Å². The molecule has 1 atom stereocenters. The van der Waals surface area contributed by atoms with Crippen LogP contribution in [0.3, 0.4) is 0 Å². The molecule has 1 aromatic heterocycles. The molecule has 0 amide bonds. The van der Waals surface area contributed by atoms with Gasteiger partial charge in [-0.3, -0.25) is 9.78 Å². The van der Waals surface area contributed by atoms with E-state index in [9.17, 15) is 4.79 Å². The van der Waals surface area contributed by atoms with Gasteiger partial charge in [0.1, 0.15) is 5.78 Å². The topological polar surface area (TPSA) is 30.0 Å². The fourth-order valence-electron chi connectivity index (χ4n) is 1.90. The van der Waals surface area contributed by atoms with Crippen LogP contribution in [0.15, 0.2) is 24.4 Å². The smallest absolute Gasteiger partial charge is 0.133 e. The van der Waals surface area contributed by atoms with Crippen LogP contribution in [-0.4, -0.2) is 10.8 Å². The first-order chi connectivity index (χ1) is 7.72. The van der Waals surface area contributed by atoms with Gasteiger partial charge in [0.25, 0.3) is 0 Å². The molecule has 1 aromatic rings. The second kappa shape index (κ2) is 7.15. The molecule has 1 heterocycles. The molecule has 0 radical (unpaired) electrons. The number of rotatable bonds is 7. The predicted molar refractivity (Wildman–Crippen MR) is 66.3 cm³/mol. The number of hydrogen-bond acceptors (Lipinski definition) is 2. The highest BCUT2D eigenvalue weighted by Gasteiger charge is 2.08. The third-order valence-electron chi connectivity index (χ3n) is 2.74. The Balaban J connectivity index is 2.25. The fraction of sp³-hybridized carbons (Fsp3) is 0.571. The van der Waals surface area contributed by atoms with E-state index in [-0.39, 0.29) is 0 Å². The van der Waals surface area contributed by atoms with Crippen molar-refractivity contribution in [3.8, 4) is 0 Å². The van der Waals surface area contributed by atoms with Crippen LogP contribution in [0.5, 0.6) is 0 Å². The summed E-state index contributed by atoms with van der Waals surface area (Å²) in [5, 5.41) is 0. The molecule has 0 aromatic carbocycles. The number of carbonyl (C=O) groups excluding carboxylic acids is 1. The predicted octanol–water partition coefficient (Wildman–Crippen LogP) is 3.41. The summed E-state index contributed by atoms with van der Waals surface area (Å²) in [6.45, 7) is 4.32. The number of carbonyl (C=O) groups is 1. The summed E-state index contributed by atoms with van der Waals surface area (Å²) in [5.74, 6) is 0.896. The van der Waals surface area contributed by atoms with E-state index in [0.29, 0.717) is 18.1 Å². The first-order valence-electron chi connectivity index (χ1n) is 6.14. The van der Waals surface area contributed by atoms with Crippen LogP contribution in [0.1, 0.15) is 45.2 Å². The van der Waals surface area contributed by atoms with Crippen molar-refractivity contribution in [3.05, 3.63) is 30.1 Å². The average Bonchev–Trinajstić information content (AvgIpc) is 2.28. The Morgan fingerprint density at radius 1 is 1.44 bits per heavy atom. The van der Waals surface area contributed by atoms with E-state index >= 15 is 0 Å². The molecule has 0 aliphatic carbocycles. The number of Topliss-reactive ketones (excluding diaryl/α,β-unsaturated/α-hetero) is 1. The summed E-state index contributed by atoms with van der Waals surface area (Å²) >= 11 is 0. The van der Waals surface area contributed by atoms with Crippen molar-refractivity contribution in [3.63, 3.8) is 0 Å². The third-order valence-corrected chi connectivity index (χ3v) is 2.74. The number of nitrogens with zero attached hydrogens (tertiary/aromatic N) is 1. The maximum absolute atomic E-state index is 11.7. The normalized spacial score (nSPS) is 12.4. The van der Waals surface area contributed by atoms with Crippen molar-refractivity contribution < 1.29 is 4.79 Å². The Hall–Kier alpha value is -1.18. The largest absolute Gasteiger partial charge is 0.300 e. The monoisotopic (exact) mass is 219 g/mol. The van der Waals surface area contributed by atoms with Crippen molar-refractivity contribution in [2.45, 2.75) is 46.0 Å². The van der Waals surface area contributed by atoms with E-state index < -0.39 is 0 Å². The van der Waals surface area contributed by atoms with Crippen molar-refractivity contribution in [2.75, 3.05) is 0 Å². The highest BCUT2D eigenvalue weighted by atomic mass is 16.1. The van der Waals surface area contributed by atoms with Gasteiger partial charge in [-0.05, 0) is 24.5 Å². The number of hydrogen-bond donors (Lipinski definition) is 0. The highest BCUT2D eigenvalue weighted by Crippen LogP contribution is 2.12. The van der Waals surface area contributed by atoms with Gasteiger partial charge >= 0.3 is 0 Å². The lowest BCUT2D eigenvalue weighted by Gasteiger charge is -2.08. The molecule has 2 heteroatoms. The van der Waals surface area contributed by atoms with Gasteiger partial charge in [0.15, 0.2) is 0 Å². The zero-order chi connectivity index (χ0) is 11.8. The summed E-state index contributed by atoms with van der Waals surface area (Å²) in [6, 6.07) is 5.84. The number of pyridine rings is 1. The lowest BCUT2D eigenvalue weighted by molar-refractivity contribution is -0.119. The van der Waals surface area contributed by atoms with E-state index in [2.05, 4.69) is 18.8 Å². The second-order valence-electron chi connectivity index (χ2n) is 4.46. The minimum atomic E-state index is 0.367. The van der Waals surface area contributed by atoms with Gasteiger partial charge in [-0.15, -0.1) is 0 Å². The van der Waals surface area contributed by atoms with Crippen molar-refractivity contribution >= 4 is 5.78 Å². The SMILES string of the molecule is CCCC(C)CC(=O)CCc1ccccn1. The Morgan fingerprint density at radius 3 is 2.88 bits per heavy atom. The average molecular weight is 219 g/mol. The van der Waals surface area contributed by atoms with Gasteiger partial charge < -0.3 is 0 Å². The maximum Gasteiger partial charge on any atom is 0.133 e. The van der Waals surface area contributed by atoms with Gasteiger partial charge in [0.05, 0.1) is 0 Å². The lowest BCUT2D eigenvalue weighted by Crippen LogP contribution is -2.07. The Bertz CT molecular complexity index is 308. The Labute approximate surface area is 98.1 Å². The number of aryl methyl sites for hydroxylation is 1. The first-order valence-corrected chi connectivity index (χ1v) is 6.14. The first kappa shape index (κ1) is 12.9. The minimum Gasteiger partial charge on any atom is -0.300 e. The number of ketones is 1. The van der Waals surface area contributed by atoms with Crippen LogP contribution in [0.4, 0.5) is 0 Å². The molecule has 88 valence electrons. The fourth-order valence-corrected chi connectivity index (χ4v) is 1.90. The van der Waals surface area contributed by atoms with Crippen LogP contribution in [-0.2, 0) is 11.2 Å². The van der Waals surface area contributed by atoms with E-state index in [1.54, 1.807) is 6.20 Å². The summed E-state index contributed by atoms with van der Waals surface area (Å²) < 4.78 is 0. The third kappa shape index (κ3) is 5.06. The summed E-state index contributed by atoms with van der Waals surface area (Å²) in [6.07, 6.45) is 6.22. The van der Waals surface area contributed by atoms with E-state index in [1.807, 2.05) is 18.2 Å². The summed E-state index contributed by atoms with van der Waals surface area (Å²) in [5.41, 5.74) is 1.01. The molecule has 0 bridgehead atoms. The Morgan fingerprint density at radius 2 is 2.25 bits per heavy atom. The van der Waals surface area contributed by atoms with E-state index in [0.717, 1.165) is 31.4 Å². The molecule has 0 saturated heterocycles. The van der Waals surface area contributed by atoms with Gasteiger partial charge in [-0.1, -0.05) is 32.8 Å². The summed E-state index contributed by atoms with van der Waals surface area (Å²) in [4.78, 5) is 15.9. The van der Waals surface area contributed by atoms with Crippen LogP contribution in [0, 0.1) is 5.92 Å². The Kier molecular flexibility index (Phi) is 5.76. The van der Waals surface area contributed by atoms with Gasteiger partial charge in [0, 0.05) is 24.7 Å². The molecule has 2 nitrogen and oxygen atoms in total. The molecule has 0 fully saturated rings. The number of aromatic nitrogens is 1. The second-order valence-corrected chi connectivity index (χ2v) is 4.46. The molecule has 1 unspecified atom stereocenters. The van der Waals surface area contributed by atoms with Gasteiger partial charge in [-0.2, -0.15) is 0 Å². The summed E-state index contributed by atoms with van der Waals surface area (Å²) in [7, 11) is 0. The maximum atomic E-state index is 11.7. The molecule has 0 N–H and O–H groups in total. The molecule has 0 saturated carbocycles. The van der Waals surface area contributed by atoms with Crippen LogP contribution in [0.2, 0.25) is 0 Å². The molecule has 0 spiro atoms. The standard InChI is InChI=1S/C14H21NO/c1-3-6-12(2)11-14(16)9-8-13-7-4-5-10-15-13/h4-5,7,10,12H,3,6,8-9,11H2,1-2H3. The van der Waals surface area contributed by atoms with Crippen molar-refractivity contribution in [1.82, 2.24) is 4.98 Å². The van der Waals surface area contributed by atoms with Crippen LogP contribution < -0.4 is 0 Å². The quantitative estimate of drug-likeness (QED) is 0.703. The highest BCUT2D eigenvalue weighted by molar-refractivity contribution is 5.78. The van der Waals surface area contributed by atoms with E-state index in [4.69, 9.17) is 0 Å². The van der Waals surface area contributed by atoms with Crippen LogP contribution in [0.25, 0.3) is 0 Å². The lowest BCUT2D eigenvalue weighted by atomic mass is 9.97. The molecule has 0 aliphatic rings. The molecule has 0 aliphatic heterocycles. The zero-order valence-electron chi connectivity index (χ0n) is 10.3. The van der Waals surface area contributed by atoms with Crippen molar-refractivity contribution in [1.29, 1.82) is 0 Å². The van der Waals surface area contributed by atoms with Crippen LogP contribution >= 0.6 is 0 Å². The minimum absolute atomic E-state index is 0.367. The molecule has 16 heavy (non-hydrogen) atoms. The van der Waals surface area contributed by atoms with Gasteiger partial charge in [-0.25, -0.2) is 0 Å². The molecule has 1 rings (SSSR count). The molecular formula is C14H21NO. The molecular weight excluding hydrogens is 198 g/mol. The zero-order valence-corrected chi connectivity index (χ0v) is 10.3. The van der Waals surface area contributed by atoms with E-state index in [1.165, 1.54) is 0 Å². The van der Waals surface area contributed by atoms with Crippen molar-refractivity contribution in [2.24, 2.45) is 5.92 Å².